The Balaban J connectivity index is 2.48. The van der Waals surface area contributed by atoms with Gasteiger partial charge in [-0.15, -0.1) is 0 Å². The molecule has 0 heterocycles. The first-order valence-corrected chi connectivity index (χ1v) is 11.3. The lowest BCUT2D eigenvalue weighted by Gasteiger charge is -2.20. The summed E-state index contributed by atoms with van der Waals surface area (Å²) in [4.78, 5) is 42.5. The molecule has 1 aliphatic rings. The number of benzene rings is 1. The molecule has 174 valence electrons. The third-order valence-electron chi connectivity index (χ3n) is 5.37. The molecule has 0 unspecified atom stereocenters. The quantitative estimate of drug-likeness (QED) is 0.175. The average molecular weight is 444 g/mol. The highest BCUT2D eigenvalue weighted by atomic mass is 16.7. The monoisotopic (exact) mass is 443 g/mol. The van der Waals surface area contributed by atoms with Crippen molar-refractivity contribution in [1.82, 2.24) is 0 Å². The largest absolute Gasteiger partial charge is 0.496 e. The fourth-order valence-corrected chi connectivity index (χ4v) is 3.65. The highest BCUT2D eigenvalue weighted by Crippen LogP contribution is 2.38. The molecule has 2 rings (SSSR count). The van der Waals surface area contributed by atoms with E-state index in [0.29, 0.717) is 24.1 Å². The van der Waals surface area contributed by atoms with Gasteiger partial charge in [0.1, 0.15) is 11.5 Å². The Morgan fingerprint density at radius 3 is 2.09 bits per heavy atom. The van der Waals surface area contributed by atoms with Crippen molar-refractivity contribution in [2.75, 3.05) is 14.2 Å². The van der Waals surface area contributed by atoms with Crippen LogP contribution in [0.5, 0.6) is 11.5 Å². The Kier molecular flexibility index (Phi) is 10.1. The van der Waals surface area contributed by atoms with Crippen LogP contribution < -0.4 is 9.47 Å². The maximum atomic E-state index is 12.7. The Morgan fingerprint density at radius 1 is 0.844 bits per heavy atom. The van der Waals surface area contributed by atoms with Crippen LogP contribution in [0.1, 0.15) is 97.9 Å². The summed E-state index contributed by atoms with van der Waals surface area (Å²) in [7, 11) is 2.88. The van der Waals surface area contributed by atoms with Gasteiger partial charge in [0, 0.05) is 12.0 Å². The van der Waals surface area contributed by atoms with Gasteiger partial charge in [0.05, 0.1) is 31.1 Å². The van der Waals surface area contributed by atoms with Crippen LogP contribution in [0, 0.1) is 0 Å². The summed E-state index contributed by atoms with van der Waals surface area (Å²) in [6, 6.07) is 1.63. The van der Waals surface area contributed by atoms with Gasteiger partial charge in [-0.1, -0.05) is 51.1 Å². The summed E-state index contributed by atoms with van der Waals surface area (Å²) < 4.78 is 11.0. The second-order valence-electron chi connectivity index (χ2n) is 7.74. The number of ketones is 2. The number of unbranched alkanes of at least 4 members (excludes halogenated alkanes) is 5. The first kappa shape index (κ1) is 25.3. The molecule has 0 N–H and O–H groups in total. The Bertz CT molecular complexity index is 900. The molecule has 0 aliphatic heterocycles. The zero-order valence-electron chi connectivity index (χ0n) is 19.5. The SMILES string of the molecule is CCCCCCC(=NOC(=O)CCCCC)c1cc(OC)c2c(c1OC)C(=O)C=CC2=O. The van der Waals surface area contributed by atoms with Crippen molar-refractivity contribution in [1.29, 1.82) is 0 Å². The number of ether oxygens (including phenoxy) is 2. The number of oxime groups is 1. The smallest absolute Gasteiger partial charge is 0.335 e. The van der Waals surface area contributed by atoms with Crippen molar-refractivity contribution in [3.63, 3.8) is 0 Å². The van der Waals surface area contributed by atoms with Crippen LogP contribution in [-0.4, -0.2) is 37.5 Å². The molecule has 1 aromatic carbocycles. The third-order valence-corrected chi connectivity index (χ3v) is 5.37. The van der Waals surface area contributed by atoms with Gasteiger partial charge in [0.25, 0.3) is 0 Å². The molecule has 0 saturated heterocycles. The van der Waals surface area contributed by atoms with Gasteiger partial charge in [0.15, 0.2) is 11.6 Å². The standard InChI is InChI=1S/C25H33NO6/c1-5-7-9-11-12-18(26-32-22(29)13-10-8-6-2)17-16-21(30-3)23-19(27)14-15-20(28)24(23)25(17)31-4/h14-16H,5-13H2,1-4H3. The van der Waals surface area contributed by atoms with Gasteiger partial charge in [0.2, 0.25) is 0 Å². The van der Waals surface area contributed by atoms with Crippen LogP contribution in [0.25, 0.3) is 0 Å². The molecule has 0 saturated carbocycles. The lowest BCUT2D eigenvalue weighted by atomic mass is 9.88. The number of allylic oxidation sites excluding steroid dienone is 2. The number of hydrogen-bond donors (Lipinski definition) is 0. The first-order valence-electron chi connectivity index (χ1n) is 11.3. The van der Waals surface area contributed by atoms with Gasteiger partial charge in [-0.3, -0.25) is 9.59 Å². The molecule has 32 heavy (non-hydrogen) atoms. The summed E-state index contributed by atoms with van der Waals surface area (Å²) >= 11 is 0. The van der Waals surface area contributed by atoms with Gasteiger partial charge in [-0.05, 0) is 37.5 Å². The Labute approximate surface area is 189 Å². The fraction of sp³-hybridized carbons (Fsp3) is 0.520. The Morgan fingerprint density at radius 2 is 1.47 bits per heavy atom. The molecule has 7 nitrogen and oxygen atoms in total. The highest BCUT2D eigenvalue weighted by Gasteiger charge is 2.31. The van der Waals surface area contributed by atoms with Crippen LogP contribution in [-0.2, 0) is 9.63 Å². The molecule has 0 aromatic heterocycles. The zero-order valence-corrected chi connectivity index (χ0v) is 19.5. The van der Waals surface area contributed by atoms with Crippen molar-refractivity contribution < 1.29 is 28.7 Å². The maximum absolute atomic E-state index is 12.7. The molecule has 0 atom stereocenters. The minimum absolute atomic E-state index is 0.143. The molecule has 0 amide bonds. The maximum Gasteiger partial charge on any atom is 0.335 e. The minimum Gasteiger partial charge on any atom is -0.496 e. The lowest BCUT2D eigenvalue weighted by molar-refractivity contribution is -0.143. The van der Waals surface area contributed by atoms with Crippen LogP contribution in [0.2, 0.25) is 0 Å². The number of nitrogens with zero attached hydrogens (tertiary/aromatic N) is 1. The molecule has 0 bridgehead atoms. The highest BCUT2D eigenvalue weighted by molar-refractivity contribution is 6.25. The summed E-state index contributed by atoms with van der Waals surface area (Å²) in [5.41, 5.74) is 1.28. The number of rotatable bonds is 13. The molecular weight excluding hydrogens is 410 g/mol. The van der Waals surface area contributed by atoms with Crippen molar-refractivity contribution in [2.45, 2.75) is 71.6 Å². The second-order valence-corrected chi connectivity index (χ2v) is 7.74. The van der Waals surface area contributed by atoms with Crippen molar-refractivity contribution >= 4 is 23.2 Å². The molecule has 0 spiro atoms. The summed E-state index contributed by atoms with van der Waals surface area (Å²) in [5.74, 6) is -0.583. The first-order chi connectivity index (χ1) is 15.5. The minimum atomic E-state index is -0.400. The van der Waals surface area contributed by atoms with E-state index in [-0.39, 0.29) is 34.2 Å². The van der Waals surface area contributed by atoms with Crippen LogP contribution >= 0.6 is 0 Å². The van der Waals surface area contributed by atoms with Crippen LogP contribution in [0.4, 0.5) is 0 Å². The topological polar surface area (TPSA) is 91.3 Å². The van der Waals surface area contributed by atoms with Crippen LogP contribution in [0.3, 0.4) is 0 Å². The number of carbonyl (C=O) groups excluding carboxylic acids is 3. The van der Waals surface area contributed by atoms with E-state index in [4.69, 9.17) is 14.3 Å². The number of fused-ring (bicyclic) bond motifs is 1. The summed E-state index contributed by atoms with van der Waals surface area (Å²) in [5, 5.41) is 4.16. The van der Waals surface area contributed by atoms with E-state index in [2.05, 4.69) is 19.0 Å². The van der Waals surface area contributed by atoms with Gasteiger partial charge >= 0.3 is 5.97 Å². The molecule has 1 aromatic rings. The zero-order chi connectivity index (χ0) is 23.5. The van der Waals surface area contributed by atoms with Crippen molar-refractivity contribution in [3.8, 4) is 11.5 Å². The number of carbonyl (C=O) groups is 3. The van der Waals surface area contributed by atoms with E-state index in [0.717, 1.165) is 44.9 Å². The van der Waals surface area contributed by atoms with E-state index in [9.17, 15) is 14.4 Å². The number of methoxy groups -OCH3 is 2. The fourth-order valence-electron chi connectivity index (χ4n) is 3.65. The summed E-state index contributed by atoms with van der Waals surface area (Å²) in [6.45, 7) is 4.19. The van der Waals surface area contributed by atoms with E-state index < -0.39 is 5.97 Å². The van der Waals surface area contributed by atoms with E-state index in [1.807, 2.05) is 0 Å². The molecule has 0 radical (unpaired) electrons. The van der Waals surface area contributed by atoms with Crippen molar-refractivity contribution in [3.05, 3.63) is 34.9 Å². The average Bonchev–Trinajstić information content (AvgIpc) is 2.80. The number of hydrogen-bond acceptors (Lipinski definition) is 7. The third kappa shape index (κ3) is 6.28. The van der Waals surface area contributed by atoms with Gasteiger partial charge < -0.3 is 14.3 Å². The summed E-state index contributed by atoms with van der Waals surface area (Å²) in [6.07, 6.45) is 9.95. The second kappa shape index (κ2) is 12.8. The molecule has 1 aliphatic carbocycles. The lowest BCUT2D eigenvalue weighted by Crippen LogP contribution is -2.18. The van der Waals surface area contributed by atoms with Crippen LogP contribution in [0.15, 0.2) is 23.4 Å². The predicted molar refractivity (Wildman–Crippen MR) is 123 cm³/mol. The van der Waals surface area contributed by atoms with E-state index in [1.165, 1.54) is 26.4 Å². The molecule has 0 fully saturated rings. The van der Waals surface area contributed by atoms with Crippen molar-refractivity contribution in [2.24, 2.45) is 5.16 Å². The van der Waals surface area contributed by atoms with E-state index >= 15 is 0 Å². The molecular formula is C25H33NO6. The molecule has 7 heteroatoms. The van der Waals surface area contributed by atoms with Gasteiger partial charge in [-0.2, -0.15) is 0 Å². The normalized spacial score (nSPS) is 13.2. The Hall–Kier alpha value is -2.96. The van der Waals surface area contributed by atoms with Gasteiger partial charge in [-0.25, -0.2) is 4.79 Å². The van der Waals surface area contributed by atoms with E-state index in [1.54, 1.807) is 6.07 Å². The predicted octanol–water partition coefficient (Wildman–Crippen LogP) is 5.44.